The highest BCUT2D eigenvalue weighted by molar-refractivity contribution is 14.1. The zero-order chi connectivity index (χ0) is 10.8. The van der Waals surface area contributed by atoms with E-state index in [0.717, 1.165) is 0 Å². The van der Waals surface area contributed by atoms with Crippen LogP contribution in [0.5, 0.6) is 0 Å². The summed E-state index contributed by atoms with van der Waals surface area (Å²) in [7, 11) is 0. The molecule has 0 fully saturated rings. The van der Waals surface area contributed by atoms with Gasteiger partial charge in [-0.2, -0.15) is 0 Å². The van der Waals surface area contributed by atoms with Gasteiger partial charge in [-0.3, -0.25) is 2.78 Å². The Morgan fingerprint density at radius 2 is 2.07 bits per heavy atom. The van der Waals surface area contributed by atoms with Crippen molar-refractivity contribution in [3.63, 3.8) is 0 Å². The lowest BCUT2D eigenvalue weighted by Crippen LogP contribution is -1.82. The standard InChI is InChI=1S/C13H12IN/c1-3-7-12-10(4-2)11-8-5-6-9-13(11)15(12)14/h3-9H,2H2,1H3/b7-3-. The fourth-order valence-corrected chi connectivity index (χ4v) is 2.62. The molecule has 2 heteroatoms. The highest BCUT2D eigenvalue weighted by Crippen LogP contribution is 2.29. The van der Waals surface area contributed by atoms with Crippen molar-refractivity contribution in [2.24, 2.45) is 0 Å². The van der Waals surface area contributed by atoms with Crippen LogP contribution in [0.4, 0.5) is 0 Å². The largest absolute Gasteiger partial charge is 0.282 e. The molecule has 1 aromatic heterocycles. The van der Waals surface area contributed by atoms with E-state index >= 15 is 0 Å². The number of rotatable bonds is 2. The molecule has 0 radical (unpaired) electrons. The summed E-state index contributed by atoms with van der Waals surface area (Å²) in [5, 5.41) is 1.26. The number of hydrogen-bond donors (Lipinski definition) is 0. The molecular weight excluding hydrogens is 297 g/mol. The highest BCUT2D eigenvalue weighted by Gasteiger charge is 2.10. The summed E-state index contributed by atoms with van der Waals surface area (Å²) in [6.07, 6.45) is 6.09. The van der Waals surface area contributed by atoms with Crippen LogP contribution >= 0.6 is 22.9 Å². The first kappa shape index (κ1) is 10.5. The third-order valence-corrected chi connectivity index (χ3v) is 3.46. The second kappa shape index (κ2) is 4.23. The average molecular weight is 309 g/mol. The number of halogens is 1. The molecule has 0 spiro atoms. The number of allylic oxidation sites excluding steroid dienone is 1. The maximum atomic E-state index is 3.89. The second-order valence-corrected chi connectivity index (χ2v) is 4.27. The number of hydrogen-bond acceptors (Lipinski definition) is 0. The van der Waals surface area contributed by atoms with Crippen LogP contribution in [0, 0.1) is 0 Å². The summed E-state index contributed by atoms with van der Waals surface area (Å²) >= 11 is 2.32. The van der Waals surface area contributed by atoms with Crippen LogP contribution < -0.4 is 0 Å². The van der Waals surface area contributed by atoms with Gasteiger partial charge in [-0.15, -0.1) is 0 Å². The molecule has 0 bridgehead atoms. The number of aromatic nitrogens is 1. The number of para-hydroxylation sites is 1. The smallest absolute Gasteiger partial charge is 0.0646 e. The van der Waals surface area contributed by atoms with E-state index in [1.54, 1.807) is 0 Å². The molecule has 2 aromatic rings. The first-order chi connectivity index (χ1) is 7.29. The van der Waals surface area contributed by atoms with Crippen LogP contribution in [0.3, 0.4) is 0 Å². The van der Waals surface area contributed by atoms with E-state index in [2.05, 4.69) is 68.6 Å². The van der Waals surface area contributed by atoms with Gasteiger partial charge in [0.15, 0.2) is 0 Å². The van der Waals surface area contributed by atoms with Gasteiger partial charge in [0.2, 0.25) is 0 Å². The van der Waals surface area contributed by atoms with Gasteiger partial charge < -0.3 is 0 Å². The molecule has 0 aliphatic rings. The minimum atomic E-state index is 1.20. The van der Waals surface area contributed by atoms with Gasteiger partial charge in [-0.05, 0) is 19.1 Å². The fraction of sp³-hybridized carbons (Fsp3) is 0.0769. The van der Waals surface area contributed by atoms with Crippen LogP contribution in [-0.4, -0.2) is 2.78 Å². The molecule has 0 amide bonds. The van der Waals surface area contributed by atoms with E-state index in [9.17, 15) is 0 Å². The molecule has 1 heterocycles. The van der Waals surface area contributed by atoms with Crippen molar-refractivity contribution >= 4 is 45.9 Å². The molecule has 0 aliphatic carbocycles. The van der Waals surface area contributed by atoms with Crippen molar-refractivity contribution in [1.82, 2.24) is 2.78 Å². The molecule has 0 N–H and O–H groups in total. The number of nitrogens with zero attached hydrogens (tertiary/aromatic N) is 1. The van der Waals surface area contributed by atoms with Gasteiger partial charge in [-0.25, -0.2) is 0 Å². The van der Waals surface area contributed by atoms with E-state index in [0.29, 0.717) is 0 Å². The fourth-order valence-electron chi connectivity index (χ4n) is 1.77. The van der Waals surface area contributed by atoms with E-state index in [1.165, 1.54) is 22.2 Å². The van der Waals surface area contributed by atoms with Crippen molar-refractivity contribution in [3.8, 4) is 0 Å². The Bertz CT molecular complexity index is 535. The third-order valence-electron chi connectivity index (χ3n) is 2.42. The molecule has 0 atom stereocenters. The Balaban J connectivity index is 2.89. The van der Waals surface area contributed by atoms with Crippen LogP contribution in [0.1, 0.15) is 18.2 Å². The second-order valence-electron chi connectivity index (χ2n) is 3.30. The summed E-state index contributed by atoms with van der Waals surface area (Å²) in [5.74, 6) is 0. The molecule has 0 aliphatic heterocycles. The summed E-state index contributed by atoms with van der Waals surface area (Å²) in [6, 6.07) is 8.38. The normalized spacial score (nSPS) is 11.3. The summed E-state index contributed by atoms with van der Waals surface area (Å²) < 4.78 is 2.17. The monoisotopic (exact) mass is 309 g/mol. The van der Waals surface area contributed by atoms with Gasteiger partial charge in [0.05, 0.1) is 34.1 Å². The summed E-state index contributed by atoms with van der Waals surface area (Å²) in [5.41, 5.74) is 3.65. The summed E-state index contributed by atoms with van der Waals surface area (Å²) in [4.78, 5) is 0. The zero-order valence-corrected chi connectivity index (χ0v) is 10.7. The Kier molecular flexibility index (Phi) is 2.95. The molecule has 76 valence electrons. The lowest BCUT2D eigenvalue weighted by atomic mass is 10.1. The molecule has 1 aromatic carbocycles. The van der Waals surface area contributed by atoms with Crippen LogP contribution in [0.2, 0.25) is 0 Å². The molecule has 15 heavy (non-hydrogen) atoms. The van der Waals surface area contributed by atoms with Gasteiger partial charge in [0.1, 0.15) is 0 Å². The van der Waals surface area contributed by atoms with Crippen LogP contribution in [0.25, 0.3) is 23.1 Å². The summed E-state index contributed by atoms with van der Waals surface area (Å²) in [6.45, 7) is 5.92. The minimum Gasteiger partial charge on any atom is -0.282 e. The van der Waals surface area contributed by atoms with E-state index in [4.69, 9.17) is 0 Å². The lowest BCUT2D eigenvalue weighted by Gasteiger charge is -1.96. The molecule has 0 saturated heterocycles. The first-order valence-electron chi connectivity index (χ1n) is 4.84. The van der Waals surface area contributed by atoms with Crippen molar-refractivity contribution in [1.29, 1.82) is 0 Å². The maximum Gasteiger partial charge on any atom is 0.0646 e. The topological polar surface area (TPSA) is 4.93 Å². The Morgan fingerprint density at radius 3 is 2.73 bits per heavy atom. The van der Waals surface area contributed by atoms with E-state index in [1.807, 2.05) is 13.0 Å². The first-order valence-corrected chi connectivity index (χ1v) is 5.80. The molecule has 1 nitrogen and oxygen atoms in total. The van der Waals surface area contributed by atoms with Gasteiger partial charge in [0.25, 0.3) is 0 Å². The third kappa shape index (κ3) is 1.63. The average Bonchev–Trinajstić information content (AvgIpc) is 2.54. The van der Waals surface area contributed by atoms with Gasteiger partial charge >= 0.3 is 0 Å². The van der Waals surface area contributed by atoms with Crippen molar-refractivity contribution in [2.75, 3.05) is 0 Å². The minimum absolute atomic E-state index is 1.20. The van der Waals surface area contributed by atoms with Crippen LogP contribution in [-0.2, 0) is 0 Å². The Morgan fingerprint density at radius 1 is 1.33 bits per heavy atom. The predicted octanol–water partition coefficient (Wildman–Crippen LogP) is 4.52. The molecule has 0 unspecified atom stereocenters. The van der Waals surface area contributed by atoms with Crippen LogP contribution in [0.15, 0.2) is 36.9 Å². The predicted molar refractivity (Wildman–Crippen MR) is 76.2 cm³/mol. The van der Waals surface area contributed by atoms with Gasteiger partial charge in [-0.1, -0.05) is 36.9 Å². The number of benzene rings is 1. The van der Waals surface area contributed by atoms with Crippen molar-refractivity contribution in [2.45, 2.75) is 6.92 Å². The quantitative estimate of drug-likeness (QED) is 0.719. The molecule has 0 saturated carbocycles. The molecular formula is C13H12IN. The zero-order valence-electron chi connectivity index (χ0n) is 8.57. The lowest BCUT2D eigenvalue weighted by molar-refractivity contribution is 1.37. The van der Waals surface area contributed by atoms with Gasteiger partial charge in [0, 0.05) is 10.9 Å². The Labute approximate surface area is 104 Å². The van der Waals surface area contributed by atoms with E-state index < -0.39 is 0 Å². The highest BCUT2D eigenvalue weighted by atomic mass is 127. The number of fused-ring (bicyclic) bond motifs is 1. The maximum absolute atomic E-state index is 3.89. The van der Waals surface area contributed by atoms with Crippen molar-refractivity contribution in [3.05, 3.63) is 48.2 Å². The SMILES string of the molecule is C=Cc1c(/C=C\C)n(I)c2ccccc12. The van der Waals surface area contributed by atoms with E-state index in [-0.39, 0.29) is 0 Å². The Hall–Kier alpha value is -1.03. The molecule has 2 rings (SSSR count). The van der Waals surface area contributed by atoms with Crippen molar-refractivity contribution < 1.29 is 0 Å².